The van der Waals surface area contributed by atoms with Crippen LogP contribution < -0.4 is 9.64 Å². The molecular formula is C21H18Cl2N2O3. The molecule has 2 aromatic rings. The molecule has 0 atom stereocenters. The standard InChI is InChI=1S/C21H18Cl2N2O3/c1-28-17-7-3-2-6-16(17)18-19(24-8-4-5-9-24)21(27)25(20(18)26)15-11-13(22)10-14(23)12-15/h2-3,6-7,10-12H,4-5,8-9H2,1H3. The maximum atomic E-state index is 13.5. The number of carbonyl (C=O) groups excluding carboxylic acids is 2. The molecule has 0 bridgehead atoms. The van der Waals surface area contributed by atoms with E-state index in [1.54, 1.807) is 37.4 Å². The number of hydrogen-bond donors (Lipinski definition) is 0. The molecule has 0 spiro atoms. The van der Waals surface area contributed by atoms with E-state index >= 15 is 0 Å². The number of para-hydroxylation sites is 1. The maximum Gasteiger partial charge on any atom is 0.282 e. The number of carbonyl (C=O) groups is 2. The Balaban J connectivity index is 1.89. The van der Waals surface area contributed by atoms with Gasteiger partial charge in [0.05, 0.1) is 18.4 Å². The van der Waals surface area contributed by atoms with Crippen molar-refractivity contribution in [1.82, 2.24) is 4.90 Å². The number of nitrogens with zero attached hydrogens (tertiary/aromatic N) is 2. The van der Waals surface area contributed by atoms with E-state index in [9.17, 15) is 9.59 Å². The molecule has 7 heteroatoms. The van der Waals surface area contributed by atoms with E-state index in [2.05, 4.69) is 0 Å². The number of amides is 2. The fourth-order valence-corrected chi connectivity index (χ4v) is 4.26. The van der Waals surface area contributed by atoms with E-state index in [0.29, 0.717) is 38.3 Å². The van der Waals surface area contributed by atoms with E-state index in [-0.39, 0.29) is 5.91 Å². The highest BCUT2D eigenvalue weighted by atomic mass is 35.5. The highest BCUT2D eigenvalue weighted by molar-refractivity contribution is 6.46. The van der Waals surface area contributed by atoms with Crippen molar-refractivity contribution in [3.8, 4) is 5.75 Å². The Labute approximate surface area is 173 Å². The van der Waals surface area contributed by atoms with Crippen molar-refractivity contribution in [3.63, 3.8) is 0 Å². The molecule has 4 rings (SSSR count). The van der Waals surface area contributed by atoms with Gasteiger partial charge in [-0.05, 0) is 37.1 Å². The molecule has 2 heterocycles. The summed E-state index contributed by atoms with van der Waals surface area (Å²) in [6, 6.07) is 11.9. The first-order valence-corrected chi connectivity index (χ1v) is 9.74. The first-order valence-electron chi connectivity index (χ1n) is 8.98. The normalized spacial score (nSPS) is 17.1. The Morgan fingerprint density at radius 1 is 0.929 bits per heavy atom. The van der Waals surface area contributed by atoms with Crippen LogP contribution in [0.3, 0.4) is 0 Å². The highest BCUT2D eigenvalue weighted by Crippen LogP contribution is 2.40. The minimum atomic E-state index is -0.408. The summed E-state index contributed by atoms with van der Waals surface area (Å²) in [6.45, 7) is 1.47. The van der Waals surface area contributed by atoms with E-state index in [1.165, 1.54) is 0 Å². The van der Waals surface area contributed by atoms with Gasteiger partial charge in [-0.25, -0.2) is 4.90 Å². The predicted octanol–water partition coefficient (Wildman–Crippen LogP) is 4.38. The van der Waals surface area contributed by atoms with Gasteiger partial charge in [-0.15, -0.1) is 0 Å². The summed E-state index contributed by atoms with van der Waals surface area (Å²) < 4.78 is 5.45. The SMILES string of the molecule is COc1ccccc1C1=C(N2CCCC2)C(=O)N(c2cc(Cl)cc(Cl)c2)C1=O. The van der Waals surface area contributed by atoms with Crippen molar-refractivity contribution in [2.24, 2.45) is 0 Å². The lowest BCUT2D eigenvalue weighted by Gasteiger charge is -2.20. The lowest BCUT2D eigenvalue weighted by Crippen LogP contribution is -2.34. The second kappa shape index (κ2) is 7.49. The molecule has 0 unspecified atom stereocenters. The smallest absolute Gasteiger partial charge is 0.282 e. The monoisotopic (exact) mass is 416 g/mol. The van der Waals surface area contributed by atoms with Gasteiger partial charge in [-0.3, -0.25) is 9.59 Å². The number of rotatable bonds is 4. The minimum Gasteiger partial charge on any atom is -0.496 e. The van der Waals surface area contributed by atoms with Gasteiger partial charge in [-0.2, -0.15) is 0 Å². The first-order chi connectivity index (χ1) is 13.5. The van der Waals surface area contributed by atoms with Crippen LogP contribution in [0.2, 0.25) is 10.0 Å². The molecule has 1 fully saturated rings. The van der Waals surface area contributed by atoms with Crippen LogP contribution >= 0.6 is 23.2 Å². The number of imide groups is 1. The molecular weight excluding hydrogens is 399 g/mol. The number of methoxy groups -OCH3 is 1. The third-order valence-corrected chi connectivity index (χ3v) is 5.40. The number of halogens is 2. The molecule has 0 radical (unpaired) electrons. The molecule has 5 nitrogen and oxygen atoms in total. The summed E-state index contributed by atoms with van der Waals surface area (Å²) in [5.74, 6) is -0.234. The van der Waals surface area contributed by atoms with Crippen LogP contribution in [-0.4, -0.2) is 36.9 Å². The zero-order chi connectivity index (χ0) is 19.8. The number of anilines is 1. The van der Waals surface area contributed by atoms with E-state index in [4.69, 9.17) is 27.9 Å². The third-order valence-electron chi connectivity index (χ3n) is 4.96. The van der Waals surface area contributed by atoms with Crippen LogP contribution in [0.4, 0.5) is 5.69 Å². The second-order valence-corrected chi connectivity index (χ2v) is 7.56. The molecule has 28 heavy (non-hydrogen) atoms. The summed E-state index contributed by atoms with van der Waals surface area (Å²) >= 11 is 12.2. The van der Waals surface area contributed by atoms with Crippen LogP contribution in [0.5, 0.6) is 5.75 Å². The average molecular weight is 417 g/mol. The predicted molar refractivity (Wildman–Crippen MR) is 110 cm³/mol. The molecule has 1 saturated heterocycles. The summed E-state index contributed by atoms with van der Waals surface area (Å²) in [5, 5.41) is 0.716. The number of ether oxygens (including phenoxy) is 1. The molecule has 2 aromatic carbocycles. The molecule has 144 valence electrons. The average Bonchev–Trinajstić information content (AvgIpc) is 3.27. The van der Waals surface area contributed by atoms with Gasteiger partial charge < -0.3 is 9.64 Å². The number of benzene rings is 2. The van der Waals surface area contributed by atoms with Crippen molar-refractivity contribution < 1.29 is 14.3 Å². The van der Waals surface area contributed by atoms with Crippen molar-refractivity contribution in [2.75, 3.05) is 25.1 Å². The zero-order valence-corrected chi connectivity index (χ0v) is 16.8. The van der Waals surface area contributed by atoms with E-state index < -0.39 is 5.91 Å². The Hall–Kier alpha value is -2.50. The van der Waals surface area contributed by atoms with E-state index in [0.717, 1.165) is 30.8 Å². The lowest BCUT2D eigenvalue weighted by atomic mass is 10.0. The summed E-state index contributed by atoms with van der Waals surface area (Å²) in [7, 11) is 1.55. The Bertz CT molecular complexity index is 977. The Kier molecular flexibility index (Phi) is 5.04. The van der Waals surface area contributed by atoms with Gasteiger partial charge in [0, 0.05) is 28.7 Å². The van der Waals surface area contributed by atoms with Crippen LogP contribution in [-0.2, 0) is 9.59 Å². The van der Waals surface area contributed by atoms with Crippen molar-refractivity contribution in [1.29, 1.82) is 0 Å². The van der Waals surface area contributed by atoms with Crippen LogP contribution in [0.1, 0.15) is 18.4 Å². The van der Waals surface area contributed by atoms with E-state index in [1.807, 2.05) is 17.0 Å². The number of hydrogen-bond acceptors (Lipinski definition) is 4. The Morgan fingerprint density at radius 3 is 2.21 bits per heavy atom. The van der Waals surface area contributed by atoms with Crippen molar-refractivity contribution in [3.05, 3.63) is 63.8 Å². The quantitative estimate of drug-likeness (QED) is 0.693. The summed E-state index contributed by atoms with van der Waals surface area (Å²) in [6.07, 6.45) is 1.96. The fraction of sp³-hybridized carbons (Fsp3) is 0.238. The van der Waals surface area contributed by atoms with Crippen LogP contribution in [0, 0.1) is 0 Å². The molecule has 2 amide bonds. The topological polar surface area (TPSA) is 49.9 Å². The molecule has 0 saturated carbocycles. The Morgan fingerprint density at radius 2 is 1.57 bits per heavy atom. The van der Waals surface area contributed by atoms with Gasteiger partial charge in [-0.1, -0.05) is 41.4 Å². The van der Waals surface area contributed by atoms with Crippen LogP contribution in [0.25, 0.3) is 5.57 Å². The summed E-state index contributed by atoms with van der Waals surface area (Å²) in [5.41, 5.74) is 1.71. The molecule has 2 aliphatic rings. The third kappa shape index (κ3) is 3.15. The first kappa shape index (κ1) is 18.8. The van der Waals surface area contributed by atoms with Gasteiger partial charge in [0.15, 0.2) is 0 Å². The van der Waals surface area contributed by atoms with Crippen molar-refractivity contribution >= 4 is 46.3 Å². The van der Waals surface area contributed by atoms with Gasteiger partial charge in [0.2, 0.25) is 0 Å². The van der Waals surface area contributed by atoms with Gasteiger partial charge in [0.1, 0.15) is 11.4 Å². The minimum absolute atomic E-state index is 0.348. The van der Waals surface area contributed by atoms with Crippen molar-refractivity contribution in [2.45, 2.75) is 12.8 Å². The highest BCUT2D eigenvalue weighted by Gasteiger charge is 2.43. The molecule has 0 aliphatic carbocycles. The fourth-order valence-electron chi connectivity index (χ4n) is 3.75. The molecule has 0 N–H and O–H groups in total. The van der Waals surface area contributed by atoms with Crippen LogP contribution in [0.15, 0.2) is 48.2 Å². The number of likely N-dealkylation sites (tertiary alicyclic amines) is 1. The summed E-state index contributed by atoms with van der Waals surface area (Å²) in [4.78, 5) is 30.0. The molecule has 0 aromatic heterocycles. The largest absolute Gasteiger partial charge is 0.496 e. The van der Waals surface area contributed by atoms with Gasteiger partial charge in [0.25, 0.3) is 11.8 Å². The van der Waals surface area contributed by atoms with Gasteiger partial charge >= 0.3 is 0 Å². The lowest BCUT2D eigenvalue weighted by molar-refractivity contribution is -0.120. The molecule has 2 aliphatic heterocycles. The zero-order valence-electron chi connectivity index (χ0n) is 15.2. The second-order valence-electron chi connectivity index (χ2n) is 6.69. The maximum absolute atomic E-state index is 13.5.